The normalized spacial score (nSPS) is 11.9. The van der Waals surface area contributed by atoms with Crippen molar-refractivity contribution in [1.29, 1.82) is 0 Å². The van der Waals surface area contributed by atoms with E-state index in [1.165, 1.54) is 22.3 Å². The Balaban J connectivity index is 1.30. The highest BCUT2D eigenvalue weighted by molar-refractivity contribution is 5.79. The quantitative estimate of drug-likeness (QED) is 0.562. The Morgan fingerprint density at radius 3 is 2.46 bits per heavy atom. The van der Waals surface area contributed by atoms with Crippen LogP contribution in [-0.2, 0) is 11.8 Å². The Morgan fingerprint density at radius 2 is 1.82 bits per heavy atom. The first kappa shape index (κ1) is 17.9. The van der Waals surface area contributed by atoms with Gasteiger partial charge in [0.25, 0.3) is 0 Å². The van der Waals surface area contributed by atoms with Gasteiger partial charge in [-0.15, -0.1) is 0 Å². The summed E-state index contributed by atoms with van der Waals surface area (Å²) in [5, 5.41) is 6.82. The highest BCUT2D eigenvalue weighted by Crippen LogP contribution is 2.44. The van der Waals surface area contributed by atoms with Gasteiger partial charge in [0.05, 0.1) is 11.8 Å². The van der Waals surface area contributed by atoms with Gasteiger partial charge >= 0.3 is 6.09 Å². The van der Waals surface area contributed by atoms with Crippen molar-refractivity contribution in [3.05, 3.63) is 77.6 Å². The smallest absolute Gasteiger partial charge is 0.407 e. The zero-order valence-corrected chi connectivity index (χ0v) is 15.7. The first-order chi connectivity index (χ1) is 13.7. The molecule has 0 saturated heterocycles. The highest BCUT2D eigenvalue weighted by atomic mass is 16.5. The van der Waals surface area contributed by atoms with E-state index in [9.17, 15) is 4.79 Å². The average Bonchev–Trinajstić information content (AvgIpc) is 3.27. The molecule has 3 aromatic rings. The number of amides is 1. The van der Waals surface area contributed by atoms with Crippen LogP contribution in [0.2, 0.25) is 0 Å². The molecule has 140 valence electrons. The lowest BCUT2D eigenvalue weighted by Crippen LogP contribution is -2.26. The second-order valence-electron chi connectivity index (χ2n) is 6.71. The van der Waals surface area contributed by atoms with Gasteiger partial charge in [-0.3, -0.25) is 4.68 Å². The van der Waals surface area contributed by atoms with Crippen molar-refractivity contribution in [2.75, 3.05) is 13.2 Å². The van der Waals surface area contributed by atoms with E-state index >= 15 is 0 Å². The van der Waals surface area contributed by atoms with E-state index in [4.69, 9.17) is 4.74 Å². The van der Waals surface area contributed by atoms with Gasteiger partial charge in [0.1, 0.15) is 6.61 Å². The van der Waals surface area contributed by atoms with Crippen molar-refractivity contribution in [1.82, 2.24) is 15.1 Å². The number of aryl methyl sites for hydroxylation is 1. The topological polar surface area (TPSA) is 56.2 Å². The van der Waals surface area contributed by atoms with E-state index < -0.39 is 6.09 Å². The zero-order chi connectivity index (χ0) is 19.3. The summed E-state index contributed by atoms with van der Waals surface area (Å²) in [4.78, 5) is 12.1. The molecule has 5 nitrogen and oxygen atoms in total. The summed E-state index contributed by atoms with van der Waals surface area (Å²) in [5.41, 5.74) is 5.72. The van der Waals surface area contributed by atoms with E-state index in [-0.39, 0.29) is 5.92 Å². The van der Waals surface area contributed by atoms with Gasteiger partial charge in [0, 0.05) is 32.1 Å². The molecular weight excluding hydrogens is 350 g/mol. The number of ether oxygens (including phenoxy) is 1. The molecule has 0 radical (unpaired) electrons. The Morgan fingerprint density at radius 1 is 1.14 bits per heavy atom. The molecule has 1 heterocycles. The Kier molecular flexibility index (Phi) is 5.11. The number of alkyl carbamates (subject to hydrolysis) is 1. The second-order valence-corrected chi connectivity index (χ2v) is 6.71. The molecule has 0 saturated carbocycles. The molecule has 0 atom stereocenters. The number of aromatic nitrogens is 2. The summed E-state index contributed by atoms with van der Waals surface area (Å²) < 4.78 is 7.20. The van der Waals surface area contributed by atoms with Crippen molar-refractivity contribution in [3.8, 4) is 23.0 Å². The molecule has 1 aliphatic rings. The number of rotatable bonds is 4. The Labute approximate surface area is 164 Å². The maximum absolute atomic E-state index is 12.1. The lowest BCUT2D eigenvalue weighted by atomic mass is 9.98. The molecule has 0 bridgehead atoms. The molecule has 2 aromatic carbocycles. The Hall–Kier alpha value is -3.52. The van der Waals surface area contributed by atoms with Crippen LogP contribution in [-0.4, -0.2) is 29.0 Å². The van der Waals surface area contributed by atoms with E-state index in [2.05, 4.69) is 46.5 Å². The fourth-order valence-electron chi connectivity index (χ4n) is 3.53. The maximum atomic E-state index is 12.1. The number of benzene rings is 2. The van der Waals surface area contributed by atoms with Crippen LogP contribution in [0.25, 0.3) is 11.1 Å². The van der Waals surface area contributed by atoms with Crippen LogP contribution >= 0.6 is 0 Å². The molecule has 1 amide bonds. The number of hydrogen-bond donors (Lipinski definition) is 1. The second kappa shape index (κ2) is 8.01. The van der Waals surface area contributed by atoms with Crippen LogP contribution in [0.4, 0.5) is 4.79 Å². The van der Waals surface area contributed by atoms with Crippen LogP contribution in [0.5, 0.6) is 0 Å². The minimum atomic E-state index is -0.412. The van der Waals surface area contributed by atoms with Gasteiger partial charge in [-0.05, 0) is 22.3 Å². The van der Waals surface area contributed by atoms with Gasteiger partial charge in [-0.1, -0.05) is 60.4 Å². The summed E-state index contributed by atoms with van der Waals surface area (Å²) >= 11 is 0. The molecule has 4 rings (SSSR count). The van der Waals surface area contributed by atoms with Gasteiger partial charge in [-0.2, -0.15) is 5.10 Å². The fourth-order valence-corrected chi connectivity index (χ4v) is 3.53. The van der Waals surface area contributed by atoms with Gasteiger partial charge in [-0.25, -0.2) is 4.79 Å². The minimum Gasteiger partial charge on any atom is -0.449 e. The Bertz CT molecular complexity index is 1010. The molecule has 0 fully saturated rings. The van der Waals surface area contributed by atoms with Gasteiger partial charge < -0.3 is 10.1 Å². The monoisotopic (exact) mass is 371 g/mol. The van der Waals surface area contributed by atoms with Gasteiger partial charge in [0.2, 0.25) is 0 Å². The number of carbonyl (C=O) groups is 1. The summed E-state index contributed by atoms with van der Waals surface area (Å²) in [6.45, 7) is 0.769. The minimum absolute atomic E-state index is 0.0727. The van der Waals surface area contributed by atoms with E-state index in [1.54, 1.807) is 10.9 Å². The summed E-state index contributed by atoms with van der Waals surface area (Å²) in [6.07, 6.45) is 3.71. The standard InChI is InChI=1S/C23H21N3O2/c1-26-15-17(14-25-26)8-6-7-13-24-23(27)28-16-22-20-11-4-2-9-18(20)19-10-3-5-12-21(19)22/h2-5,9-12,14-15,22H,7,13,16H2,1H3,(H,24,27). The predicted molar refractivity (Wildman–Crippen MR) is 108 cm³/mol. The number of hydrogen-bond acceptors (Lipinski definition) is 3. The van der Waals surface area contributed by atoms with E-state index in [0.717, 1.165) is 5.56 Å². The summed E-state index contributed by atoms with van der Waals surface area (Å²) in [7, 11) is 1.85. The lowest BCUT2D eigenvalue weighted by molar-refractivity contribution is 0.143. The van der Waals surface area contributed by atoms with E-state index in [0.29, 0.717) is 19.6 Å². The molecule has 1 aliphatic carbocycles. The third-order valence-electron chi connectivity index (χ3n) is 4.80. The molecule has 0 aliphatic heterocycles. The van der Waals surface area contributed by atoms with E-state index in [1.807, 2.05) is 37.5 Å². The number of nitrogens with zero attached hydrogens (tertiary/aromatic N) is 2. The fraction of sp³-hybridized carbons (Fsp3) is 0.217. The van der Waals surface area contributed by atoms with Crippen molar-refractivity contribution in [2.45, 2.75) is 12.3 Å². The number of fused-ring (bicyclic) bond motifs is 3. The molecule has 0 spiro atoms. The SMILES string of the molecule is Cn1cc(C#CCCNC(=O)OCC2c3ccccc3-c3ccccc32)cn1. The van der Waals surface area contributed by atoms with Crippen LogP contribution in [0.1, 0.15) is 29.0 Å². The van der Waals surface area contributed by atoms with Crippen molar-refractivity contribution >= 4 is 6.09 Å². The largest absolute Gasteiger partial charge is 0.449 e. The number of carbonyl (C=O) groups excluding carboxylic acids is 1. The summed E-state index contributed by atoms with van der Waals surface area (Å²) in [6, 6.07) is 16.6. The summed E-state index contributed by atoms with van der Waals surface area (Å²) in [5.74, 6) is 6.11. The highest BCUT2D eigenvalue weighted by Gasteiger charge is 2.28. The molecule has 1 aromatic heterocycles. The maximum Gasteiger partial charge on any atom is 0.407 e. The van der Waals surface area contributed by atoms with Crippen LogP contribution in [0.15, 0.2) is 60.9 Å². The third kappa shape index (κ3) is 3.77. The van der Waals surface area contributed by atoms with Crippen LogP contribution < -0.4 is 5.32 Å². The molecular formula is C23H21N3O2. The van der Waals surface area contributed by atoms with Gasteiger partial charge in [0.15, 0.2) is 0 Å². The molecule has 1 N–H and O–H groups in total. The third-order valence-corrected chi connectivity index (χ3v) is 4.80. The molecule has 5 heteroatoms. The lowest BCUT2D eigenvalue weighted by Gasteiger charge is -2.14. The van der Waals surface area contributed by atoms with Crippen LogP contribution in [0.3, 0.4) is 0 Å². The average molecular weight is 371 g/mol. The van der Waals surface area contributed by atoms with Crippen molar-refractivity contribution in [2.24, 2.45) is 7.05 Å². The van der Waals surface area contributed by atoms with Crippen molar-refractivity contribution < 1.29 is 9.53 Å². The number of nitrogens with one attached hydrogen (secondary N) is 1. The first-order valence-corrected chi connectivity index (χ1v) is 9.29. The van der Waals surface area contributed by atoms with Crippen LogP contribution in [0, 0.1) is 11.8 Å². The molecule has 0 unspecified atom stereocenters. The zero-order valence-electron chi connectivity index (χ0n) is 15.7. The molecule has 28 heavy (non-hydrogen) atoms. The van der Waals surface area contributed by atoms with Crippen molar-refractivity contribution in [3.63, 3.8) is 0 Å². The predicted octanol–water partition coefficient (Wildman–Crippen LogP) is 3.70. The first-order valence-electron chi connectivity index (χ1n) is 9.29.